The Kier molecular flexibility index (Phi) is 5.18. The molecule has 0 radical (unpaired) electrons. The van der Waals surface area contributed by atoms with Gasteiger partial charge in [-0.3, -0.25) is 9.59 Å². The van der Waals surface area contributed by atoms with E-state index < -0.39 is 5.41 Å². The lowest BCUT2D eigenvalue weighted by molar-refractivity contribution is -0.168. The van der Waals surface area contributed by atoms with Gasteiger partial charge in [0, 0.05) is 5.92 Å². The van der Waals surface area contributed by atoms with Gasteiger partial charge in [-0.25, -0.2) is 0 Å². The first-order chi connectivity index (χ1) is 10.2. The number of esters is 2. The van der Waals surface area contributed by atoms with Crippen LogP contribution in [0.15, 0.2) is 0 Å². The van der Waals surface area contributed by atoms with Gasteiger partial charge < -0.3 is 9.47 Å². The van der Waals surface area contributed by atoms with E-state index in [2.05, 4.69) is 0 Å². The summed E-state index contributed by atoms with van der Waals surface area (Å²) in [4.78, 5) is 24.5. The Bertz CT molecular complexity index is 427. The van der Waals surface area contributed by atoms with Crippen molar-refractivity contribution in [1.29, 1.82) is 0 Å². The summed E-state index contributed by atoms with van der Waals surface area (Å²) in [6.45, 7) is 10.4. The van der Waals surface area contributed by atoms with Crippen LogP contribution in [-0.2, 0) is 19.1 Å². The molecule has 2 bridgehead atoms. The average molecular weight is 310 g/mol. The van der Waals surface area contributed by atoms with Gasteiger partial charge >= 0.3 is 11.9 Å². The molecule has 0 spiro atoms. The van der Waals surface area contributed by atoms with E-state index in [1.165, 1.54) is 0 Å². The SMILES string of the molecule is CCC(C)(C)C(=O)OC1CC2CC(C(=O)OCC(C)C)C1C2. The van der Waals surface area contributed by atoms with Crippen LogP contribution in [0, 0.1) is 29.1 Å². The molecule has 0 aliphatic heterocycles. The summed E-state index contributed by atoms with van der Waals surface area (Å²) >= 11 is 0. The molecule has 0 aromatic heterocycles. The Morgan fingerprint density at radius 3 is 2.41 bits per heavy atom. The molecular weight excluding hydrogens is 280 g/mol. The molecule has 0 aromatic rings. The minimum Gasteiger partial charge on any atom is -0.465 e. The molecule has 4 atom stereocenters. The molecule has 2 rings (SSSR count). The predicted octanol–water partition coefficient (Wildman–Crippen LogP) is 3.58. The third-order valence-corrected chi connectivity index (χ3v) is 5.31. The molecule has 2 aliphatic rings. The molecule has 22 heavy (non-hydrogen) atoms. The second kappa shape index (κ2) is 6.59. The van der Waals surface area contributed by atoms with E-state index in [-0.39, 0.29) is 29.9 Å². The maximum absolute atomic E-state index is 12.3. The number of fused-ring (bicyclic) bond motifs is 2. The zero-order valence-corrected chi connectivity index (χ0v) is 14.6. The van der Waals surface area contributed by atoms with E-state index in [0.29, 0.717) is 18.4 Å². The third kappa shape index (κ3) is 3.64. The maximum atomic E-state index is 12.3. The molecule has 0 amide bonds. The molecule has 4 heteroatoms. The monoisotopic (exact) mass is 310 g/mol. The largest absolute Gasteiger partial charge is 0.465 e. The van der Waals surface area contributed by atoms with Crippen molar-refractivity contribution < 1.29 is 19.1 Å². The summed E-state index contributed by atoms with van der Waals surface area (Å²) in [5.41, 5.74) is -0.449. The molecule has 0 aromatic carbocycles. The highest BCUT2D eigenvalue weighted by molar-refractivity contribution is 5.76. The minimum atomic E-state index is -0.449. The number of carbonyl (C=O) groups excluding carboxylic acids is 2. The van der Waals surface area contributed by atoms with Crippen molar-refractivity contribution in [3.63, 3.8) is 0 Å². The van der Waals surface area contributed by atoms with Crippen LogP contribution < -0.4 is 0 Å². The molecule has 4 unspecified atom stereocenters. The fourth-order valence-electron chi connectivity index (χ4n) is 3.49. The average Bonchev–Trinajstić information content (AvgIpc) is 3.04. The summed E-state index contributed by atoms with van der Waals surface area (Å²) in [5, 5.41) is 0. The van der Waals surface area contributed by atoms with Crippen LogP contribution in [0.5, 0.6) is 0 Å². The molecular formula is C18H30O4. The van der Waals surface area contributed by atoms with Gasteiger partial charge in [-0.1, -0.05) is 20.8 Å². The topological polar surface area (TPSA) is 52.6 Å². The van der Waals surface area contributed by atoms with Crippen LogP contribution in [0.2, 0.25) is 0 Å². The lowest BCUT2D eigenvalue weighted by atomic mass is 9.86. The van der Waals surface area contributed by atoms with Crippen LogP contribution in [0.4, 0.5) is 0 Å². The summed E-state index contributed by atoms with van der Waals surface area (Å²) in [6.07, 6.45) is 3.45. The summed E-state index contributed by atoms with van der Waals surface area (Å²) in [7, 11) is 0. The number of ether oxygens (including phenoxy) is 2. The Morgan fingerprint density at radius 1 is 1.18 bits per heavy atom. The Balaban J connectivity index is 1.94. The fraction of sp³-hybridized carbons (Fsp3) is 0.889. The predicted molar refractivity (Wildman–Crippen MR) is 84.1 cm³/mol. The second-order valence-corrected chi connectivity index (χ2v) is 8.05. The van der Waals surface area contributed by atoms with Gasteiger partial charge in [-0.15, -0.1) is 0 Å². The van der Waals surface area contributed by atoms with E-state index >= 15 is 0 Å². The van der Waals surface area contributed by atoms with Gasteiger partial charge in [-0.05, 0) is 51.4 Å². The first kappa shape index (κ1) is 17.3. The summed E-state index contributed by atoms with van der Waals surface area (Å²) < 4.78 is 11.2. The third-order valence-electron chi connectivity index (χ3n) is 5.31. The number of hydrogen-bond donors (Lipinski definition) is 0. The molecule has 0 N–H and O–H groups in total. The van der Waals surface area contributed by atoms with Crippen LogP contribution in [-0.4, -0.2) is 24.6 Å². The molecule has 0 saturated heterocycles. The smallest absolute Gasteiger partial charge is 0.311 e. The highest BCUT2D eigenvalue weighted by Gasteiger charge is 2.52. The van der Waals surface area contributed by atoms with Crippen LogP contribution in [0.1, 0.15) is 60.3 Å². The first-order valence-corrected chi connectivity index (χ1v) is 8.62. The Morgan fingerprint density at radius 2 is 1.86 bits per heavy atom. The van der Waals surface area contributed by atoms with Crippen molar-refractivity contribution in [3.8, 4) is 0 Å². The lowest BCUT2D eigenvalue weighted by Gasteiger charge is -2.31. The maximum Gasteiger partial charge on any atom is 0.311 e. The van der Waals surface area contributed by atoms with Gasteiger partial charge in [0.1, 0.15) is 6.10 Å². The molecule has 4 nitrogen and oxygen atoms in total. The van der Waals surface area contributed by atoms with E-state index in [4.69, 9.17) is 9.47 Å². The number of carbonyl (C=O) groups is 2. The fourth-order valence-corrected chi connectivity index (χ4v) is 3.49. The molecule has 2 saturated carbocycles. The van der Waals surface area contributed by atoms with Crippen LogP contribution in [0.3, 0.4) is 0 Å². The van der Waals surface area contributed by atoms with Crippen LogP contribution >= 0.6 is 0 Å². The van der Waals surface area contributed by atoms with E-state index in [1.54, 1.807) is 0 Å². The van der Waals surface area contributed by atoms with Crippen molar-refractivity contribution in [3.05, 3.63) is 0 Å². The number of rotatable bonds is 6. The standard InChI is InChI=1S/C18H30O4/c1-6-18(4,5)17(20)22-15-9-12-7-13(15)14(8-12)16(19)21-10-11(2)3/h11-15H,6-10H2,1-5H3. The van der Waals surface area contributed by atoms with Crippen molar-refractivity contribution in [2.24, 2.45) is 29.1 Å². The minimum absolute atomic E-state index is 0.0833. The highest BCUT2D eigenvalue weighted by Crippen LogP contribution is 2.50. The zero-order chi connectivity index (χ0) is 16.5. The van der Waals surface area contributed by atoms with Gasteiger partial charge in [0.15, 0.2) is 0 Å². The molecule has 2 fully saturated rings. The van der Waals surface area contributed by atoms with Crippen molar-refractivity contribution in [2.45, 2.75) is 66.4 Å². The zero-order valence-electron chi connectivity index (χ0n) is 14.6. The van der Waals surface area contributed by atoms with E-state index in [9.17, 15) is 9.59 Å². The van der Waals surface area contributed by atoms with Gasteiger partial charge in [-0.2, -0.15) is 0 Å². The first-order valence-electron chi connectivity index (χ1n) is 8.62. The molecule has 2 aliphatic carbocycles. The molecule has 0 heterocycles. The second-order valence-electron chi connectivity index (χ2n) is 8.05. The number of hydrogen-bond acceptors (Lipinski definition) is 4. The van der Waals surface area contributed by atoms with E-state index in [0.717, 1.165) is 25.7 Å². The van der Waals surface area contributed by atoms with Gasteiger partial charge in [0.25, 0.3) is 0 Å². The van der Waals surface area contributed by atoms with Gasteiger partial charge in [0.05, 0.1) is 17.9 Å². The van der Waals surface area contributed by atoms with Crippen molar-refractivity contribution >= 4 is 11.9 Å². The van der Waals surface area contributed by atoms with E-state index in [1.807, 2.05) is 34.6 Å². The quantitative estimate of drug-likeness (QED) is 0.704. The van der Waals surface area contributed by atoms with Gasteiger partial charge in [0.2, 0.25) is 0 Å². The Labute approximate surface area is 133 Å². The van der Waals surface area contributed by atoms with Crippen molar-refractivity contribution in [2.75, 3.05) is 6.61 Å². The summed E-state index contributed by atoms with van der Waals surface area (Å²) in [5.74, 6) is 0.686. The lowest BCUT2D eigenvalue weighted by Crippen LogP contribution is -2.37. The van der Waals surface area contributed by atoms with Crippen LogP contribution in [0.25, 0.3) is 0 Å². The van der Waals surface area contributed by atoms with Crippen molar-refractivity contribution in [1.82, 2.24) is 0 Å². The normalized spacial score (nSPS) is 30.6. The summed E-state index contributed by atoms with van der Waals surface area (Å²) in [6, 6.07) is 0. The molecule has 126 valence electrons. The Hall–Kier alpha value is -1.06. The highest BCUT2D eigenvalue weighted by atomic mass is 16.5.